The highest BCUT2D eigenvalue weighted by molar-refractivity contribution is 5.92. The zero-order valence-corrected chi connectivity index (χ0v) is 14.9. The Kier molecular flexibility index (Phi) is 9.21. The van der Waals surface area contributed by atoms with Gasteiger partial charge in [0.2, 0.25) is 0 Å². The van der Waals surface area contributed by atoms with Gasteiger partial charge in [0, 0.05) is 25.9 Å². The van der Waals surface area contributed by atoms with Crippen molar-refractivity contribution in [1.29, 1.82) is 0 Å². The summed E-state index contributed by atoms with van der Waals surface area (Å²) in [7, 11) is 0. The molecule has 0 aliphatic carbocycles. The molecule has 2 N–H and O–H groups in total. The third kappa shape index (κ3) is 6.89. The molecule has 1 aromatic heterocycles. The van der Waals surface area contributed by atoms with Crippen LogP contribution in [0.15, 0.2) is 12.3 Å². The lowest BCUT2D eigenvalue weighted by Crippen LogP contribution is -2.32. The van der Waals surface area contributed by atoms with E-state index in [-0.39, 0.29) is 18.3 Å². The molecule has 0 saturated carbocycles. The summed E-state index contributed by atoms with van der Waals surface area (Å²) in [6.45, 7) is 8.15. The minimum absolute atomic E-state index is 0. The molecule has 1 aliphatic rings. The molecule has 1 fully saturated rings. The van der Waals surface area contributed by atoms with Crippen LogP contribution in [0.25, 0.3) is 0 Å². The summed E-state index contributed by atoms with van der Waals surface area (Å²) in [5.41, 5.74) is 0.479. The van der Waals surface area contributed by atoms with E-state index in [4.69, 9.17) is 4.74 Å². The third-order valence-corrected chi connectivity index (χ3v) is 3.86. The van der Waals surface area contributed by atoms with Crippen LogP contribution in [0.5, 0.6) is 0 Å². The summed E-state index contributed by atoms with van der Waals surface area (Å²) < 4.78 is 7.39. The van der Waals surface area contributed by atoms with Crippen LogP contribution in [0.1, 0.15) is 49.6 Å². The summed E-state index contributed by atoms with van der Waals surface area (Å²) in [4.78, 5) is 12.0. The fourth-order valence-electron chi connectivity index (χ4n) is 2.47. The molecule has 2 rings (SSSR count). The molecule has 1 aliphatic heterocycles. The van der Waals surface area contributed by atoms with Gasteiger partial charge < -0.3 is 15.4 Å². The van der Waals surface area contributed by atoms with E-state index in [0.29, 0.717) is 30.8 Å². The number of rotatable bonds is 8. The third-order valence-electron chi connectivity index (χ3n) is 3.86. The van der Waals surface area contributed by atoms with E-state index in [2.05, 4.69) is 29.6 Å². The number of halogens is 1. The lowest BCUT2D eigenvalue weighted by molar-refractivity contribution is 0.0900. The van der Waals surface area contributed by atoms with Gasteiger partial charge in [-0.25, -0.2) is 0 Å². The number of amides is 1. The van der Waals surface area contributed by atoms with Gasteiger partial charge in [-0.15, -0.1) is 12.4 Å². The summed E-state index contributed by atoms with van der Waals surface area (Å²) in [5, 5.41) is 10.6. The predicted molar refractivity (Wildman–Crippen MR) is 93.2 cm³/mol. The van der Waals surface area contributed by atoms with Crippen LogP contribution in [-0.2, 0) is 4.74 Å². The number of hydrogen-bond donors (Lipinski definition) is 2. The maximum atomic E-state index is 12.0. The van der Waals surface area contributed by atoms with Crippen molar-refractivity contribution in [1.82, 2.24) is 20.4 Å². The molecule has 1 unspecified atom stereocenters. The monoisotopic (exact) mass is 344 g/mol. The number of nitrogens with one attached hydrogen (secondary N) is 2. The molecule has 132 valence electrons. The molecule has 0 bridgehead atoms. The number of aromatic nitrogens is 2. The molecular formula is C16H29ClN4O2. The molecule has 23 heavy (non-hydrogen) atoms. The van der Waals surface area contributed by atoms with Gasteiger partial charge in [-0.1, -0.05) is 13.8 Å². The van der Waals surface area contributed by atoms with E-state index in [0.717, 1.165) is 39.0 Å². The quantitative estimate of drug-likeness (QED) is 0.708. The number of carbonyl (C=O) groups is 1. The van der Waals surface area contributed by atoms with Crippen molar-refractivity contribution >= 4 is 18.3 Å². The van der Waals surface area contributed by atoms with Crippen LogP contribution in [0.4, 0.5) is 0 Å². The first-order valence-electron chi connectivity index (χ1n) is 8.28. The van der Waals surface area contributed by atoms with Crippen molar-refractivity contribution in [2.75, 3.05) is 32.8 Å². The maximum absolute atomic E-state index is 12.0. The molecule has 0 radical (unpaired) electrons. The van der Waals surface area contributed by atoms with Crippen molar-refractivity contribution in [2.45, 2.75) is 39.2 Å². The first-order valence-corrected chi connectivity index (χ1v) is 8.28. The number of hydrogen-bond acceptors (Lipinski definition) is 4. The summed E-state index contributed by atoms with van der Waals surface area (Å²) >= 11 is 0. The van der Waals surface area contributed by atoms with Crippen LogP contribution < -0.4 is 10.6 Å². The molecule has 1 amide bonds. The molecule has 1 atom stereocenters. The largest absolute Gasteiger partial charge is 0.380 e. The van der Waals surface area contributed by atoms with Gasteiger partial charge in [0.15, 0.2) is 0 Å². The molecule has 7 heteroatoms. The second kappa shape index (κ2) is 10.6. The second-order valence-corrected chi connectivity index (χ2v) is 6.23. The van der Waals surface area contributed by atoms with Crippen LogP contribution in [0.3, 0.4) is 0 Å². The van der Waals surface area contributed by atoms with E-state index in [1.165, 1.54) is 0 Å². The smallest absolute Gasteiger partial charge is 0.271 e. The van der Waals surface area contributed by atoms with Crippen molar-refractivity contribution in [2.24, 2.45) is 5.92 Å². The fraction of sp³-hybridized carbons (Fsp3) is 0.750. The lowest BCUT2D eigenvalue weighted by atomic mass is 10.1. The number of piperidine rings is 1. The molecule has 6 nitrogen and oxygen atoms in total. The summed E-state index contributed by atoms with van der Waals surface area (Å²) in [6, 6.07) is 2.14. The Hall–Kier alpha value is -1.11. The normalized spacial score (nSPS) is 17.8. The molecule has 1 aromatic rings. The van der Waals surface area contributed by atoms with Crippen LogP contribution >= 0.6 is 12.4 Å². The first kappa shape index (κ1) is 19.9. The van der Waals surface area contributed by atoms with E-state index in [1.54, 1.807) is 6.07 Å². The molecule has 2 heterocycles. The van der Waals surface area contributed by atoms with E-state index in [9.17, 15) is 4.79 Å². The zero-order valence-electron chi connectivity index (χ0n) is 14.1. The Labute approximate surface area is 144 Å². The van der Waals surface area contributed by atoms with Gasteiger partial charge in [-0.05, 0) is 37.8 Å². The highest BCUT2D eigenvalue weighted by atomic mass is 35.5. The topological polar surface area (TPSA) is 68.2 Å². The average molecular weight is 345 g/mol. The molecule has 0 spiro atoms. The van der Waals surface area contributed by atoms with Crippen molar-refractivity contribution in [3.63, 3.8) is 0 Å². The van der Waals surface area contributed by atoms with Crippen LogP contribution in [0.2, 0.25) is 0 Å². The van der Waals surface area contributed by atoms with Crippen LogP contribution in [-0.4, -0.2) is 48.5 Å². The minimum atomic E-state index is -0.130. The second-order valence-electron chi connectivity index (χ2n) is 6.23. The Morgan fingerprint density at radius 1 is 1.52 bits per heavy atom. The average Bonchev–Trinajstić information content (AvgIpc) is 3.01. The van der Waals surface area contributed by atoms with Gasteiger partial charge >= 0.3 is 0 Å². The Morgan fingerprint density at radius 2 is 2.35 bits per heavy atom. The molecular weight excluding hydrogens is 316 g/mol. The molecule has 0 aromatic carbocycles. The van der Waals surface area contributed by atoms with Crippen molar-refractivity contribution in [3.05, 3.63) is 18.0 Å². The predicted octanol–water partition coefficient (Wildman–Crippen LogP) is 2.02. The van der Waals surface area contributed by atoms with Gasteiger partial charge in [0.25, 0.3) is 5.91 Å². The number of carbonyl (C=O) groups excluding carboxylic acids is 1. The molecule has 1 saturated heterocycles. The lowest BCUT2D eigenvalue weighted by Gasteiger charge is -2.22. The summed E-state index contributed by atoms with van der Waals surface area (Å²) in [6.07, 6.45) is 5.21. The highest BCUT2D eigenvalue weighted by Crippen LogP contribution is 2.15. The van der Waals surface area contributed by atoms with E-state index >= 15 is 0 Å². The summed E-state index contributed by atoms with van der Waals surface area (Å²) in [5.74, 6) is 0.516. The number of ether oxygens (including phenoxy) is 1. The van der Waals surface area contributed by atoms with Crippen LogP contribution in [0, 0.1) is 5.92 Å². The Balaban J connectivity index is 0.00000264. The first-order chi connectivity index (χ1) is 10.7. The standard InChI is InChI=1S/C16H28N4O2.ClH/c1-13(2)6-10-22-11-8-18-16(21)15-5-9-20(19-15)14-4-3-7-17-12-14;/h5,9,13-14,17H,3-4,6-8,10-12H2,1-2H3,(H,18,21);1H. The van der Waals surface area contributed by atoms with E-state index < -0.39 is 0 Å². The van der Waals surface area contributed by atoms with Gasteiger partial charge in [0.05, 0.1) is 12.6 Å². The van der Waals surface area contributed by atoms with Gasteiger partial charge in [0.1, 0.15) is 5.69 Å². The fourth-order valence-corrected chi connectivity index (χ4v) is 2.47. The van der Waals surface area contributed by atoms with Gasteiger partial charge in [-0.2, -0.15) is 5.10 Å². The SMILES string of the molecule is CC(C)CCOCCNC(=O)c1ccn(C2CCCNC2)n1.Cl. The van der Waals surface area contributed by atoms with Crippen molar-refractivity contribution in [3.8, 4) is 0 Å². The Bertz CT molecular complexity index is 459. The van der Waals surface area contributed by atoms with Crippen molar-refractivity contribution < 1.29 is 9.53 Å². The maximum Gasteiger partial charge on any atom is 0.271 e. The van der Waals surface area contributed by atoms with E-state index in [1.807, 2.05) is 10.9 Å². The minimum Gasteiger partial charge on any atom is -0.380 e. The Morgan fingerprint density at radius 3 is 3.04 bits per heavy atom. The van der Waals surface area contributed by atoms with Gasteiger partial charge in [-0.3, -0.25) is 9.48 Å². The zero-order chi connectivity index (χ0) is 15.8. The highest BCUT2D eigenvalue weighted by Gasteiger charge is 2.17. The number of nitrogens with zero attached hydrogens (tertiary/aromatic N) is 2.